The van der Waals surface area contributed by atoms with E-state index in [-0.39, 0.29) is 17.3 Å². The Morgan fingerprint density at radius 2 is 2.00 bits per heavy atom. The van der Waals surface area contributed by atoms with Crippen molar-refractivity contribution in [1.82, 2.24) is 4.98 Å². The molecule has 0 saturated carbocycles. The van der Waals surface area contributed by atoms with Crippen molar-refractivity contribution in [3.8, 4) is 11.8 Å². The molecule has 1 amide bonds. The second-order valence-electron chi connectivity index (χ2n) is 3.70. The van der Waals surface area contributed by atoms with Crippen LogP contribution in [0.4, 0.5) is 18.3 Å². The van der Waals surface area contributed by atoms with Gasteiger partial charge in [0.25, 0.3) is 5.91 Å². The fourth-order valence-corrected chi connectivity index (χ4v) is 2.06. The molecule has 0 aliphatic rings. The molecule has 2 N–H and O–H groups in total. The fraction of sp³-hybridized carbons (Fsp3) is 0.0769. The van der Waals surface area contributed by atoms with Crippen molar-refractivity contribution < 1.29 is 23.1 Å². The number of amides is 1. The van der Waals surface area contributed by atoms with Crippen LogP contribution in [0.25, 0.3) is 0 Å². The molecule has 2 aromatic rings. The summed E-state index contributed by atoms with van der Waals surface area (Å²) in [6.07, 6.45) is 1.37. The number of thiazole rings is 1. The maximum absolute atomic E-state index is 13.0. The number of nitrogens with zero attached hydrogens (tertiary/aromatic N) is 1. The van der Waals surface area contributed by atoms with Gasteiger partial charge < -0.3 is 5.11 Å². The molecule has 0 saturated heterocycles. The van der Waals surface area contributed by atoms with Gasteiger partial charge in [-0.3, -0.25) is 10.1 Å². The molecule has 8 heteroatoms. The van der Waals surface area contributed by atoms with Gasteiger partial charge in [-0.25, -0.2) is 18.2 Å². The summed E-state index contributed by atoms with van der Waals surface area (Å²) < 4.78 is 38.9. The minimum atomic E-state index is -1.64. The molecule has 0 fully saturated rings. The summed E-state index contributed by atoms with van der Waals surface area (Å²) >= 11 is 1.02. The number of benzene rings is 1. The van der Waals surface area contributed by atoms with E-state index in [4.69, 9.17) is 5.11 Å². The van der Waals surface area contributed by atoms with E-state index in [1.165, 1.54) is 6.20 Å². The van der Waals surface area contributed by atoms with Crippen LogP contribution in [0.2, 0.25) is 0 Å². The number of rotatable bonds is 2. The number of hydrogen-bond acceptors (Lipinski definition) is 4. The van der Waals surface area contributed by atoms with Gasteiger partial charge in [0.1, 0.15) is 6.61 Å². The third kappa shape index (κ3) is 3.59. The number of anilines is 1. The van der Waals surface area contributed by atoms with Crippen LogP contribution in [0, 0.1) is 29.3 Å². The molecular weight excluding hydrogens is 305 g/mol. The highest BCUT2D eigenvalue weighted by atomic mass is 32.1. The Kier molecular flexibility index (Phi) is 4.57. The number of aliphatic hydroxyl groups excluding tert-OH is 1. The van der Waals surface area contributed by atoms with Crippen molar-refractivity contribution >= 4 is 22.4 Å². The normalized spacial score (nSPS) is 9.90. The molecule has 0 spiro atoms. The summed E-state index contributed by atoms with van der Waals surface area (Å²) in [6.45, 7) is -0.312. The minimum absolute atomic E-state index is 0.160. The van der Waals surface area contributed by atoms with E-state index in [0.29, 0.717) is 17.0 Å². The zero-order chi connectivity index (χ0) is 15.4. The lowest BCUT2D eigenvalue weighted by molar-refractivity contribution is 0.102. The third-order valence-electron chi connectivity index (χ3n) is 2.26. The van der Waals surface area contributed by atoms with E-state index in [1.54, 1.807) is 0 Å². The first kappa shape index (κ1) is 15.0. The van der Waals surface area contributed by atoms with E-state index >= 15 is 0 Å². The largest absolute Gasteiger partial charge is 0.384 e. The quantitative estimate of drug-likeness (QED) is 0.660. The standard InChI is InChI=1S/C13H7F3N2O2S/c14-9-4-7(5-10(15)11(9)16)12(20)18-13-17-6-8(21-13)2-1-3-19/h4-6,19H,3H2,(H,17,18,20). The molecule has 0 bridgehead atoms. The van der Waals surface area contributed by atoms with Crippen LogP contribution in [0.15, 0.2) is 18.3 Å². The van der Waals surface area contributed by atoms with Crippen LogP contribution in [-0.2, 0) is 0 Å². The molecule has 0 aliphatic carbocycles. The molecule has 108 valence electrons. The average molecular weight is 312 g/mol. The Hall–Kier alpha value is -2.37. The van der Waals surface area contributed by atoms with Gasteiger partial charge in [-0.1, -0.05) is 23.2 Å². The third-order valence-corrected chi connectivity index (χ3v) is 3.09. The van der Waals surface area contributed by atoms with Crippen LogP contribution in [0.3, 0.4) is 0 Å². The van der Waals surface area contributed by atoms with Crippen molar-refractivity contribution in [2.24, 2.45) is 0 Å². The molecule has 0 unspecified atom stereocenters. The first-order valence-corrected chi connectivity index (χ1v) is 6.34. The van der Waals surface area contributed by atoms with E-state index in [2.05, 4.69) is 22.1 Å². The van der Waals surface area contributed by atoms with Gasteiger partial charge in [0.05, 0.1) is 11.1 Å². The Balaban J connectivity index is 2.16. The monoisotopic (exact) mass is 312 g/mol. The van der Waals surface area contributed by atoms with Gasteiger partial charge in [-0.05, 0) is 12.1 Å². The number of halogens is 3. The molecular formula is C13H7F3N2O2S. The van der Waals surface area contributed by atoms with Crippen molar-refractivity contribution in [1.29, 1.82) is 0 Å². The molecule has 0 aliphatic heterocycles. The summed E-state index contributed by atoms with van der Waals surface area (Å²) in [5, 5.41) is 11.0. The van der Waals surface area contributed by atoms with E-state index in [1.807, 2.05) is 0 Å². The second kappa shape index (κ2) is 6.39. The van der Waals surface area contributed by atoms with Crippen LogP contribution < -0.4 is 5.32 Å². The van der Waals surface area contributed by atoms with Gasteiger partial charge in [0, 0.05) is 5.56 Å². The number of aliphatic hydroxyl groups is 1. The highest BCUT2D eigenvalue weighted by Gasteiger charge is 2.16. The lowest BCUT2D eigenvalue weighted by Crippen LogP contribution is -2.13. The van der Waals surface area contributed by atoms with Gasteiger partial charge >= 0.3 is 0 Å². The van der Waals surface area contributed by atoms with Crippen LogP contribution in [0.5, 0.6) is 0 Å². The molecule has 0 radical (unpaired) electrons. The molecule has 2 rings (SSSR count). The predicted octanol–water partition coefficient (Wildman–Crippen LogP) is 2.16. The molecule has 1 aromatic carbocycles. The Morgan fingerprint density at radius 1 is 1.33 bits per heavy atom. The van der Waals surface area contributed by atoms with Crippen LogP contribution in [-0.4, -0.2) is 22.6 Å². The maximum Gasteiger partial charge on any atom is 0.257 e. The van der Waals surface area contributed by atoms with Gasteiger partial charge in [0.2, 0.25) is 0 Å². The highest BCUT2D eigenvalue weighted by Crippen LogP contribution is 2.19. The van der Waals surface area contributed by atoms with Gasteiger partial charge in [-0.2, -0.15) is 0 Å². The zero-order valence-electron chi connectivity index (χ0n) is 10.3. The number of aromatic nitrogens is 1. The lowest BCUT2D eigenvalue weighted by atomic mass is 10.2. The summed E-state index contributed by atoms with van der Waals surface area (Å²) in [5.41, 5.74) is -0.371. The number of carbonyl (C=O) groups excluding carboxylic acids is 1. The maximum atomic E-state index is 13.0. The van der Waals surface area contributed by atoms with E-state index in [9.17, 15) is 18.0 Å². The SMILES string of the molecule is O=C(Nc1ncc(C#CCO)s1)c1cc(F)c(F)c(F)c1. The zero-order valence-corrected chi connectivity index (χ0v) is 11.1. The smallest absolute Gasteiger partial charge is 0.257 e. The topological polar surface area (TPSA) is 62.2 Å². The Labute approximate surface area is 121 Å². The number of hydrogen-bond donors (Lipinski definition) is 2. The summed E-state index contributed by atoms with van der Waals surface area (Å²) in [5.74, 6) is -0.372. The average Bonchev–Trinajstić information content (AvgIpc) is 2.89. The summed E-state index contributed by atoms with van der Waals surface area (Å²) in [6, 6.07) is 1.18. The number of carbonyl (C=O) groups is 1. The molecule has 1 heterocycles. The molecule has 1 aromatic heterocycles. The fourth-order valence-electron chi connectivity index (χ4n) is 1.37. The first-order chi connectivity index (χ1) is 10.0. The molecule has 21 heavy (non-hydrogen) atoms. The summed E-state index contributed by atoms with van der Waals surface area (Å²) in [7, 11) is 0. The Bertz CT molecular complexity index is 726. The van der Waals surface area contributed by atoms with Crippen molar-refractivity contribution in [2.45, 2.75) is 0 Å². The van der Waals surface area contributed by atoms with Crippen LogP contribution >= 0.6 is 11.3 Å². The van der Waals surface area contributed by atoms with Crippen molar-refractivity contribution in [2.75, 3.05) is 11.9 Å². The van der Waals surface area contributed by atoms with E-state index < -0.39 is 23.4 Å². The van der Waals surface area contributed by atoms with Gasteiger partial charge in [0.15, 0.2) is 22.6 Å². The molecule has 4 nitrogen and oxygen atoms in total. The summed E-state index contributed by atoms with van der Waals surface area (Å²) in [4.78, 5) is 16.1. The number of nitrogens with one attached hydrogen (secondary N) is 1. The van der Waals surface area contributed by atoms with Crippen molar-refractivity contribution in [3.05, 3.63) is 46.2 Å². The van der Waals surface area contributed by atoms with Gasteiger partial charge in [-0.15, -0.1) is 0 Å². The highest BCUT2D eigenvalue weighted by molar-refractivity contribution is 7.16. The molecule has 0 atom stereocenters. The van der Waals surface area contributed by atoms with Crippen LogP contribution in [0.1, 0.15) is 15.2 Å². The predicted molar refractivity (Wildman–Crippen MR) is 70.3 cm³/mol. The second-order valence-corrected chi connectivity index (χ2v) is 4.73. The minimum Gasteiger partial charge on any atom is -0.384 e. The van der Waals surface area contributed by atoms with Crippen molar-refractivity contribution in [3.63, 3.8) is 0 Å². The Morgan fingerprint density at radius 3 is 2.62 bits per heavy atom. The van der Waals surface area contributed by atoms with E-state index in [0.717, 1.165) is 11.3 Å². The first-order valence-electron chi connectivity index (χ1n) is 5.52. The lowest BCUT2D eigenvalue weighted by Gasteiger charge is -2.03.